The van der Waals surface area contributed by atoms with Crippen LogP contribution in [0.5, 0.6) is 0 Å². The van der Waals surface area contributed by atoms with Gasteiger partial charge < -0.3 is 14.2 Å². The number of hydrogen-bond acceptors (Lipinski definition) is 9. The van der Waals surface area contributed by atoms with Crippen molar-refractivity contribution >= 4 is 18.3 Å². The molecule has 0 saturated carbocycles. The maximum atomic E-state index is 13.2. The normalized spacial score (nSPS) is 29.3. The number of carbonyl (C=O) groups is 3. The van der Waals surface area contributed by atoms with E-state index in [0.29, 0.717) is 37.4 Å². The van der Waals surface area contributed by atoms with Crippen molar-refractivity contribution in [1.29, 1.82) is 0 Å². The highest BCUT2D eigenvalue weighted by atomic mass is 16.6. The number of nitrogens with zero attached hydrogens (tertiary/aromatic N) is 6. The molecule has 18 rings (SSSR count). The monoisotopic (exact) mass is 1090 g/mol. The smallest absolute Gasteiger partial charge is 0.410 e. The fourth-order valence-corrected chi connectivity index (χ4v) is 15.0. The summed E-state index contributed by atoms with van der Waals surface area (Å²) in [4.78, 5) is 52.8. The van der Waals surface area contributed by atoms with Gasteiger partial charge in [0, 0.05) is 39.3 Å². The van der Waals surface area contributed by atoms with Gasteiger partial charge >= 0.3 is 18.3 Å². The summed E-state index contributed by atoms with van der Waals surface area (Å²) in [7, 11) is 0. The first-order valence-corrected chi connectivity index (χ1v) is 30.4. The van der Waals surface area contributed by atoms with Crippen LogP contribution in [0.4, 0.5) is 14.4 Å². The zero-order chi connectivity index (χ0) is 54.7. The van der Waals surface area contributed by atoms with Crippen molar-refractivity contribution in [2.24, 2.45) is 17.8 Å². The van der Waals surface area contributed by atoms with Gasteiger partial charge in [-0.2, -0.15) is 0 Å². The van der Waals surface area contributed by atoms with Gasteiger partial charge in [0.1, 0.15) is 18.3 Å². The number of carbonyl (C=O) groups excluding carboxylic acids is 3. The SMILES string of the molecule is O=C(OC1CN2CCC1CC2)N1CCc2ccccc2[C@@H]1c1ccccc1.O=C(OC1CN2CCC1CC2)N1CCc2ccccc2[C@@H]1c1ccccc1.O=C(OC1CN2CCC1CC2)N1CCc2ccccc2[C@H]1c1ccccc1. The third kappa shape index (κ3) is 11.5. The van der Waals surface area contributed by atoms with Gasteiger partial charge in [-0.15, -0.1) is 0 Å². The van der Waals surface area contributed by atoms with E-state index in [1.807, 2.05) is 69.3 Å². The van der Waals surface area contributed by atoms with Gasteiger partial charge in [0.2, 0.25) is 0 Å². The minimum atomic E-state index is -0.155. The van der Waals surface area contributed by atoms with Crippen LogP contribution in [-0.2, 0) is 33.5 Å². The Labute approximate surface area is 478 Å². The van der Waals surface area contributed by atoms with Gasteiger partial charge in [-0.05, 0) is 165 Å². The van der Waals surface area contributed by atoms with Crippen LogP contribution in [-0.4, -0.2) is 145 Å². The quantitative estimate of drug-likeness (QED) is 0.151. The van der Waals surface area contributed by atoms with Crippen LogP contribution >= 0.6 is 0 Å². The molecule has 9 saturated heterocycles. The number of ether oxygens (including phenoxy) is 3. The van der Waals surface area contributed by atoms with E-state index in [9.17, 15) is 14.4 Å². The second kappa shape index (κ2) is 24.2. The average molecular weight is 1090 g/mol. The number of benzene rings is 6. The molecule has 6 atom stereocenters. The van der Waals surface area contributed by atoms with Crippen molar-refractivity contribution in [2.45, 2.75) is 94.2 Å². The molecule has 12 aliphatic heterocycles. The molecule has 6 bridgehead atoms. The largest absolute Gasteiger partial charge is 0.444 e. The number of rotatable bonds is 6. The second-order valence-corrected chi connectivity index (χ2v) is 24.0. The molecule has 0 radical (unpaired) electrons. The number of piperidine rings is 9. The molecule has 12 aliphatic rings. The molecule has 12 nitrogen and oxygen atoms in total. The Hall–Kier alpha value is -6.99. The summed E-state index contributed by atoms with van der Waals surface area (Å²) in [6.07, 6.45) is 9.27. The maximum Gasteiger partial charge on any atom is 0.410 e. The van der Waals surface area contributed by atoms with Gasteiger partial charge in [-0.25, -0.2) is 14.4 Å². The van der Waals surface area contributed by atoms with E-state index < -0.39 is 0 Å². The van der Waals surface area contributed by atoms with E-state index >= 15 is 0 Å². The van der Waals surface area contributed by atoms with E-state index in [0.717, 1.165) is 133 Å². The molecule has 0 aromatic heterocycles. The summed E-state index contributed by atoms with van der Waals surface area (Å²) in [5.74, 6) is 1.60. The van der Waals surface area contributed by atoms with Crippen molar-refractivity contribution in [2.75, 3.05) is 78.5 Å². The molecule has 3 unspecified atom stereocenters. The summed E-state index contributed by atoms with van der Waals surface area (Å²) >= 11 is 0. The van der Waals surface area contributed by atoms with E-state index in [-0.39, 0.29) is 54.7 Å². The summed E-state index contributed by atoms with van der Waals surface area (Å²) in [6.45, 7) is 11.7. The standard InChI is InChI=1S/3C23H26N2O2/c3*26-23(27-21-16-24-13-10-18(21)11-14-24)25-15-12-17-6-4-5-9-20(17)22(25)19-7-2-1-3-8-19/h3*1-9,18,21-22H,10-16H2/t3*21?,22-/m100/s1. The Balaban J connectivity index is 0.000000114. The molecule has 9 fully saturated rings. The molecule has 420 valence electrons. The lowest BCUT2D eigenvalue weighted by Gasteiger charge is -2.45. The van der Waals surface area contributed by atoms with Gasteiger partial charge in [0.15, 0.2) is 0 Å². The van der Waals surface area contributed by atoms with Crippen LogP contribution in [0.1, 0.15) is 107 Å². The second-order valence-electron chi connectivity index (χ2n) is 24.0. The van der Waals surface area contributed by atoms with Crippen molar-refractivity contribution in [3.05, 3.63) is 214 Å². The Kier molecular flexibility index (Phi) is 15.9. The summed E-state index contributed by atoms with van der Waals surface area (Å²) in [5.41, 5.74) is 11.1. The average Bonchev–Trinajstić information content (AvgIpc) is 3.61. The van der Waals surface area contributed by atoms with Gasteiger partial charge in [-0.3, -0.25) is 29.4 Å². The molecular weight excluding hydrogens is 1010 g/mol. The predicted molar refractivity (Wildman–Crippen MR) is 314 cm³/mol. The lowest BCUT2D eigenvalue weighted by molar-refractivity contribution is -0.0465. The van der Waals surface area contributed by atoms with Crippen LogP contribution in [0.3, 0.4) is 0 Å². The zero-order valence-corrected chi connectivity index (χ0v) is 46.8. The van der Waals surface area contributed by atoms with Crippen molar-refractivity contribution in [3.63, 3.8) is 0 Å². The van der Waals surface area contributed by atoms with Crippen LogP contribution in [0.2, 0.25) is 0 Å². The third-order valence-electron chi connectivity index (χ3n) is 19.4. The lowest BCUT2D eigenvalue weighted by atomic mass is 9.86. The highest BCUT2D eigenvalue weighted by molar-refractivity contribution is 5.72. The highest BCUT2D eigenvalue weighted by Gasteiger charge is 2.43. The first-order valence-electron chi connectivity index (χ1n) is 30.4. The summed E-state index contributed by atoms with van der Waals surface area (Å²) < 4.78 is 18.2. The molecule has 0 spiro atoms. The molecule has 0 N–H and O–H groups in total. The van der Waals surface area contributed by atoms with Gasteiger partial charge in [0.05, 0.1) is 18.1 Å². The molecule has 0 aliphatic carbocycles. The van der Waals surface area contributed by atoms with E-state index in [1.165, 1.54) is 33.4 Å². The van der Waals surface area contributed by atoms with Crippen molar-refractivity contribution < 1.29 is 28.6 Å². The molecule has 6 aromatic carbocycles. The van der Waals surface area contributed by atoms with Crippen molar-refractivity contribution in [3.8, 4) is 0 Å². The van der Waals surface area contributed by atoms with E-state index in [1.54, 1.807) is 0 Å². The first kappa shape index (κ1) is 53.3. The van der Waals surface area contributed by atoms with Gasteiger partial charge in [0.25, 0.3) is 0 Å². The minimum absolute atomic E-state index is 0.0496. The van der Waals surface area contributed by atoms with E-state index in [2.05, 4.69) is 124 Å². The zero-order valence-electron chi connectivity index (χ0n) is 46.8. The summed E-state index contributed by atoms with van der Waals surface area (Å²) in [6, 6.07) is 56.3. The Morgan fingerprint density at radius 3 is 0.802 bits per heavy atom. The molecule has 3 amide bonds. The first-order chi connectivity index (χ1) is 39.9. The Morgan fingerprint density at radius 2 is 0.556 bits per heavy atom. The molecule has 81 heavy (non-hydrogen) atoms. The number of fused-ring (bicyclic) bond motifs is 12. The molecule has 12 heteroatoms. The number of amides is 3. The van der Waals surface area contributed by atoms with Crippen LogP contribution in [0.15, 0.2) is 164 Å². The highest BCUT2D eigenvalue weighted by Crippen LogP contribution is 2.41. The van der Waals surface area contributed by atoms with Crippen LogP contribution in [0, 0.1) is 17.8 Å². The minimum Gasteiger partial charge on any atom is -0.444 e. The third-order valence-corrected chi connectivity index (χ3v) is 19.4. The fourth-order valence-electron chi connectivity index (χ4n) is 15.0. The molecular formula is C69H78N6O6. The fraction of sp³-hybridized carbons (Fsp3) is 0.435. The predicted octanol–water partition coefficient (Wildman–Crippen LogP) is 11.6. The molecule has 6 aromatic rings. The summed E-state index contributed by atoms with van der Waals surface area (Å²) in [5, 5.41) is 0. The van der Waals surface area contributed by atoms with E-state index in [4.69, 9.17) is 14.2 Å². The topological polar surface area (TPSA) is 98.3 Å². The lowest BCUT2D eigenvalue weighted by Crippen LogP contribution is -2.53. The Bertz CT molecular complexity index is 2770. The Morgan fingerprint density at radius 1 is 0.309 bits per heavy atom. The molecule has 12 heterocycles. The van der Waals surface area contributed by atoms with Gasteiger partial charge in [-0.1, -0.05) is 164 Å². The van der Waals surface area contributed by atoms with Crippen LogP contribution in [0.25, 0.3) is 0 Å². The van der Waals surface area contributed by atoms with Crippen LogP contribution < -0.4 is 0 Å². The maximum absolute atomic E-state index is 13.2. The van der Waals surface area contributed by atoms with Crippen molar-refractivity contribution in [1.82, 2.24) is 29.4 Å². The number of hydrogen-bond donors (Lipinski definition) is 0.